The summed E-state index contributed by atoms with van der Waals surface area (Å²) in [4.78, 5) is 0. The number of aliphatic hydroxyl groups is 1. The molecule has 2 fully saturated rings. The van der Waals surface area contributed by atoms with Gasteiger partial charge >= 0.3 is 0 Å². The molecule has 0 radical (unpaired) electrons. The second kappa shape index (κ2) is 9.48. The van der Waals surface area contributed by atoms with Crippen molar-refractivity contribution in [2.24, 2.45) is 11.8 Å². The molecule has 1 unspecified atom stereocenters. The predicted octanol–water partition coefficient (Wildman–Crippen LogP) is 3.69. The molecule has 3 rings (SSSR count). The van der Waals surface area contributed by atoms with Gasteiger partial charge in [0.2, 0.25) is 0 Å². The van der Waals surface area contributed by atoms with E-state index in [9.17, 15) is 5.11 Å². The van der Waals surface area contributed by atoms with Crippen LogP contribution >= 0.6 is 0 Å². The second-order valence-electron chi connectivity index (χ2n) is 7.13. The van der Waals surface area contributed by atoms with Crippen LogP contribution in [0.15, 0.2) is 43.0 Å². The van der Waals surface area contributed by atoms with Crippen LogP contribution in [0.2, 0.25) is 0 Å². The lowest BCUT2D eigenvalue weighted by atomic mass is 9.91. The van der Waals surface area contributed by atoms with E-state index in [1.54, 1.807) is 0 Å². The van der Waals surface area contributed by atoms with Gasteiger partial charge < -0.3 is 19.3 Å². The first-order chi connectivity index (χ1) is 12.3. The van der Waals surface area contributed by atoms with Crippen molar-refractivity contribution in [2.75, 3.05) is 13.2 Å². The smallest absolute Gasteiger partial charge is 0.157 e. The van der Waals surface area contributed by atoms with Gasteiger partial charge in [-0.2, -0.15) is 0 Å². The minimum absolute atomic E-state index is 0.0150. The van der Waals surface area contributed by atoms with Crippen molar-refractivity contribution in [3.05, 3.63) is 48.6 Å². The number of hydrogen-bond acceptors (Lipinski definition) is 4. The zero-order valence-corrected chi connectivity index (χ0v) is 14.9. The Kier molecular flexibility index (Phi) is 7.05. The van der Waals surface area contributed by atoms with Gasteiger partial charge in [0.05, 0.1) is 25.4 Å². The van der Waals surface area contributed by atoms with Crippen LogP contribution in [-0.2, 0) is 20.8 Å². The third kappa shape index (κ3) is 5.14. The average molecular weight is 346 g/mol. The summed E-state index contributed by atoms with van der Waals surface area (Å²) in [6, 6.07) is 10.2. The van der Waals surface area contributed by atoms with Gasteiger partial charge in [-0.25, -0.2) is 0 Å². The molecule has 4 nitrogen and oxygen atoms in total. The Labute approximate surface area is 150 Å². The monoisotopic (exact) mass is 346 g/mol. The maximum Gasteiger partial charge on any atom is 0.157 e. The molecule has 1 saturated heterocycles. The highest BCUT2D eigenvalue weighted by atomic mass is 16.7. The van der Waals surface area contributed by atoms with Crippen LogP contribution in [0.3, 0.4) is 0 Å². The molecular weight excluding hydrogens is 316 g/mol. The highest BCUT2D eigenvalue weighted by Crippen LogP contribution is 2.38. The maximum absolute atomic E-state index is 10.5. The highest BCUT2D eigenvalue weighted by molar-refractivity contribution is 5.13. The molecular formula is C21H30O4. The summed E-state index contributed by atoms with van der Waals surface area (Å²) in [5, 5.41) is 10.5. The van der Waals surface area contributed by atoms with E-state index < -0.39 is 0 Å². The molecule has 1 aliphatic heterocycles. The first kappa shape index (κ1) is 18.6. The van der Waals surface area contributed by atoms with Crippen molar-refractivity contribution in [2.45, 2.75) is 57.2 Å². The topological polar surface area (TPSA) is 47.9 Å². The molecule has 1 aromatic carbocycles. The van der Waals surface area contributed by atoms with Gasteiger partial charge in [-0.05, 0) is 37.2 Å². The summed E-state index contributed by atoms with van der Waals surface area (Å²) in [6.45, 7) is 5.78. The summed E-state index contributed by atoms with van der Waals surface area (Å²) in [5.74, 6) is 0.309. The van der Waals surface area contributed by atoms with E-state index in [1.165, 1.54) is 0 Å². The molecule has 0 aromatic heterocycles. The van der Waals surface area contributed by atoms with Crippen molar-refractivity contribution >= 4 is 0 Å². The molecule has 1 aromatic rings. The molecule has 0 amide bonds. The summed E-state index contributed by atoms with van der Waals surface area (Å²) in [6.07, 6.45) is 6.00. The molecule has 138 valence electrons. The molecule has 25 heavy (non-hydrogen) atoms. The standard InChI is InChI=1S/C21H30O4/c1-2-8-17-18(15-23-14-16-9-4-3-5-10-16)20(13-19(17)22)25-21-11-6-7-12-24-21/h2-5,9-10,17-22H,1,6-8,11-15H2/t17-,18+,19-,20-,21?/m1/s1. The number of benzene rings is 1. The quantitative estimate of drug-likeness (QED) is 0.729. The fourth-order valence-electron chi connectivity index (χ4n) is 3.96. The lowest BCUT2D eigenvalue weighted by Crippen LogP contribution is -2.33. The highest BCUT2D eigenvalue weighted by Gasteiger charge is 2.43. The molecule has 2 aliphatic rings. The lowest BCUT2D eigenvalue weighted by Gasteiger charge is -2.30. The van der Waals surface area contributed by atoms with Crippen molar-refractivity contribution in [3.8, 4) is 0 Å². The Balaban J connectivity index is 1.58. The first-order valence-corrected chi connectivity index (χ1v) is 9.45. The van der Waals surface area contributed by atoms with Crippen LogP contribution in [0, 0.1) is 11.8 Å². The molecule has 1 N–H and O–H groups in total. The van der Waals surface area contributed by atoms with Crippen LogP contribution in [-0.4, -0.2) is 36.8 Å². The Morgan fingerprint density at radius 2 is 2.04 bits per heavy atom. The minimum Gasteiger partial charge on any atom is -0.393 e. The average Bonchev–Trinajstić information content (AvgIpc) is 2.92. The van der Waals surface area contributed by atoms with Crippen LogP contribution in [0.5, 0.6) is 0 Å². The summed E-state index contributed by atoms with van der Waals surface area (Å²) in [5.41, 5.74) is 1.16. The molecule has 0 spiro atoms. The Bertz CT molecular complexity index is 512. The van der Waals surface area contributed by atoms with E-state index in [0.717, 1.165) is 37.9 Å². The van der Waals surface area contributed by atoms with E-state index in [1.807, 2.05) is 24.3 Å². The Morgan fingerprint density at radius 1 is 1.20 bits per heavy atom. The van der Waals surface area contributed by atoms with Crippen molar-refractivity contribution in [1.29, 1.82) is 0 Å². The van der Waals surface area contributed by atoms with Gasteiger partial charge in [-0.3, -0.25) is 0 Å². The fourth-order valence-corrected chi connectivity index (χ4v) is 3.96. The molecule has 5 atom stereocenters. The van der Waals surface area contributed by atoms with Gasteiger partial charge in [0.1, 0.15) is 0 Å². The van der Waals surface area contributed by atoms with Crippen LogP contribution in [0.25, 0.3) is 0 Å². The van der Waals surface area contributed by atoms with Crippen LogP contribution < -0.4 is 0 Å². The van der Waals surface area contributed by atoms with Crippen molar-refractivity contribution in [3.63, 3.8) is 0 Å². The molecule has 1 saturated carbocycles. The second-order valence-corrected chi connectivity index (χ2v) is 7.13. The van der Waals surface area contributed by atoms with Crippen LogP contribution in [0.1, 0.15) is 37.7 Å². The summed E-state index contributed by atoms with van der Waals surface area (Å²) in [7, 11) is 0. The number of rotatable bonds is 8. The van der Waals surface area contributed by atoms with E-state index in [2.05, 4.69) is 18.7 Å². The molecule has 1 aliphatic carbocycles. The normalized spacial score (nSPS) is 32.6. The molecule has 0 bridgehead atoms. The first-order valence-electron chi connectivity index (χ1n) is 9.45. The number of ether oxygens (including phenoxy) is 3. The number of hydrogen-bond donors (Lipinski definition) is 1. The fraction of sp³-hybridized carbons (Fsp3) is 0.619. The third-order valence-electron chi connectivity index (χ3n) is 5.32. The van der Waals surface area contributed by atoms with E-state index >= 15 is 0 Å². The minimum atomic E-state index is -0.364. The molecule has 1 heterocycles. The predicted molar refractivity (Wildman–Crippen MR) is 97.0 cm³/mol. The Morgan fingerprint density at radius 3 is 2.76 bits per heavy atom. The Hall–Kier alpha value is -1.20. The van der Waals surface area contributed by atoms with E-state index in [4.69, 9.17) is 14.2 Å². The zero-order valence-electron chi connectivity index (χ0n) is 14.9. The number of aliphatic hydroxyl groups excluding tert-OH is 1. The SMILES string of the molecule is C=CC[C@@H]1[C@H](COCc2ccccc2)[C@H](OC2CCCCO2)C[C@H]1O. The van der Waals surface area contributed by atoms with Gasteiger partial charge in [0, 0.05) is 18.9 Å². The third-order valence-corrected chi connectivity index (χ3v) is 5.32. The largest absolute Gasteiger partial charge is 0.393 e. The zero-order chi connectivity index (χ0) is 17.5. The number of allylic oxidation sites excluding steroid dienone is 1. The van der Waals surface area contributed by atoms with E-state index in [0.29, 0.717) is 19.6 Å². The van der Waals surface area contributed by atoms with Gasteiger partial charge in [0.15, 0.2) is 6.29 Å². The van der Waals surface area contributed by atoms with Gasteiger partial charge in [-0.15, -0.1) is 6.58 Å². The molecule has 4 heteroatoms. The summed E-state index contributed by atoms with van der Waals surface area (Å²) >= 11 is 0. The van der Waals surface area contributed by atoms with Crippen LogP contribution in [0.4, 0.5) is 0 Å². The van der Waals surface area contributed by atoms with Crippen molar-refractivity contribution < 1.29 is 19.3 Å². The maximum atomic E-state index is 10.5. The van der Waals surface area contributed by atoms with Gasteiger partial charge in [-0.1, -0.05) is 36.4 Å². The van der Waals surface area contributed by atoms with Crippen molar-refractivity contribution in [1.82, 2.24) is 0 Å². The summed E-state index contributed by atoms with van der Waals surface area (Å²) < 4.78 is 17.9. The van der Waals surface area contributed by atoms with E-state index in [-0.39, 0.29) is 30.3 Å². The lowest BCUT2D eigenvalue weighted by molar-refractivity contribution is -0.199. The van der Waals surface area contributed by atoms with Gasteiger partial charge in [0.25, 0.3) is 0 Å².